The van der Waals surface area contributed by atoms with E-state index in [9.17, 15) is 19.1 Å². The molecule has 0 spiro atoms. The van der Waals surface area contributed by atoms with E-state index in [0.29, 0.717) is 12.1 Å². The van der Waals surface area contributed by atoms with E-state index in [4.69, 9.17) is 21.1 Å². The quantitative estimate of drug-likeness (QED) is 0.442. The first-order chi connectivity index (χ1) is 14.0. The molecule has 30 heavy (non-hydrogen) atoms. The van der Waals surface area contributed by atoms with Crippen LogP contribution in [0.3, 0.4) is 0 Å². The van der Waals surface area contributed by atoms with Gasteiger partial charge in [0.2, 0.25) is 0 Å². The minimum absolute atomic E-state index is 0.0502. The van der Waals surface area contributed by atoms with Gasteiger partial charge in [0.1, 0.15) is 28.5 Å². The van der Waals surface area contributed by atoms with Gasteiger partial charge in [0.05, 0.1) is 5.02 Å². The molecule has 0 aliphatic heterocycles. The second-order valence-electron chi connectivity index (χ2n) is 7.69. The Morgan fingerprint density at radius 3 is 2.53 bits per heavy atom. The van der Waals surface area contributed by atoms with E-state index in [2.05, 4.69) is 5.32 Å². The maximum atomic E-state index is 13.6. The van der Waals surface area contributed by atoms with Crippen molar-refractivity contribution in [2.24, 2.45) is 0 Å². The Morgan fingerprint density at radius 2 is 1.90 bits per heavy atom. The zero-order valence-corrected chi connectivity index (χ0v) is 18.1. The number of hydrogen-bond acceptors (Lipinski definition) is 6. The summed E-state index contributed by atoms with van der Waals surface area (Å²) in [6, 6.07) is 6.72. The van der Waals surface area contributed by atoms with Crippen molar-refractivity contribution in [2.75, 3.05) is 5.32 Å². The van der Waals surface area contributed by atoms with E-state index in [1.54, 1.807) is 26.8 Å². The van der Waals surface area contributed by atoms with E-state index in [0.717, 1.165) is 12.1 Å². The average Bonchev–Trinajstić information content (AvgIpc) is 2.62. The molecule has 0 aliphatic carbocycles. The standard InChI is InChI=1S/C22H25ClFNO5/c1-5-6-19(26)29-18-11-15(7-8-16(18)21(28)30-22(2,3)4)25-12-13-9-14(24)10-17(23)20(13)27/h7-11,25,27H,5-6,12H2,1-4H3. The number of phenolic OH excluding ortho intramolecular Hbond substituents is 1. The first-order valence-corrected chi connectivity index (χ1v) is 9.86. The van der Waals surface area contributed by atoms with Gasteiger partial charge in [-0.25, -0.2) is 9.18 Å². The molecule has 0 heterocycles. The van der Waals surface area contributed by atoms with Crippen molar-refractivity contribution in [3.63, 3.8) is 0 Å². The molecule has 0 saturated heterocycles. The van der Waals surface area contributed by atoms with Crippen molar-refractivity contribution in [1.82, 2.24) is 0 Å². The summed E-state index contributed by atoms with van der Waals surface area (Å²) >= 11 is 5.79. The van der Waals surface area contributed by atoms with Gasteiger partial charge in [-0.1, -0.05) is 18.5 Å². The Hall–Kier alpha value is -2.80. The molecule has 0 atom stereocenters. The van der Waals surface area contributed by atoms with Gasteiger partial charge in [0, 0.05) is 30.3 Å². The molecule has 8 heteroatoms. The first kappa shape index (κ1) is 23.5. The van der Waals surface area contributed by atoms with Gasteiger partial charge in [-0.15, -0.1) is 0 Å². The normalized spacial score (nSPS) is 11.1. The molecule has 2 rings (SSSR count). The molecular weight excluding hydrogens is 413 g/mol. The van der Waals surface area contributed by atoms with E-state index in [-0.39, 0.29) is 40.6 Å². The van der Waals surface area contributed by atoms with Gasteiger partial charge in [-0.3, -0.25) is 4.79 Å². The molecule has 0 unspecified atom stereocenters. The van der Waals surface area contributed by atoms with Crippen LogP contribution >= 0.6 is 11.6 Å². The molecule has 0 saturated carbocycles. The van der Waals surface area contributed by atoms with Crippen LogP contribution in [0.2, 0.25) is 5.02 Å². The van der Waals surface area contributed by atoms with E-state index in [1.165, 1.54) is 12.1 Å². The molecule has 2 N–H and O–H groups in total. The number of carbonyl (C=O) groups is 2. The summed E-state index contributed by atoms with van der Waals surface area (Å²) < 4.78 is 24.3. The lowest BCUT2D eigenvalue weighted by atomic mass is 10.1. The van der Waals surface area contributed by atoms with E-state index < -0.39 is 23.4 Å². The SMILES string of the molecule is CCCC(=O)Oc1cc(NCc2cc(F)cc(Cl)c2O)ccc1C(=O)OC(C)(C)C. The number of nitrogens with one attached hydrogen (secondary N) is 1. The molecule has 0 aromatic heterocycles. The van der Waals surface area contributed by atoms with Crippen LogP contribution in [0.1, 0.15) is 56.5 Å². The van der Waals surface area contributed by atoms with Crippen LogP contribution in [0.25, 0.3) is 0 Å². The second kappa shape index (κ2) is 9.80. The van der Waals surface area contributed by atoms with E-state index in [1.807, 2.05) is 6.92 Å². The highest BCUT2D eigenvalue weighted by Crippen LogP contribution is 2.30. The Kier molecular flexibility index (Phi) is 7.67. The van der Waals surface area contributed by atoms with Crippen molar-refractivity contribution in [2.45, 2.75) is 52.7 Å². The fourth-order valence-corrected chi connectivity index (χ4v) is 2.77. The largest absolute Gasteiger partial charge is 0.506 e. The van der Waals surface area contributed by atoms with Crippen LogP contribution in [-0.4, -0.2) is 22.6 Å². The Morgan fingerprint density at radius 1 is 1.20 bits per heavy atom. The van der Waals surface area contributed by atoms with Gasteiger partial charge >= 0.3 is 11.9 Å². The summed E-state index contributed by atoms with van der Waals surface area (Å²) in [6.45, 7) is 7.10. The lowest BCUT2D eigenvalue weighted by molar-refractivity contribution is -0.134. The maximum Gasteiger partial charge on any atom is 0.342 e. The van der Waals surface area contributed by atoms with Gasteiger partial charge in [0.15, 0.2) is 0 Å². The van der Waals surface area contributed by atoms with Crippen LogP contribution in [0, 0.1) is 5.82 Å². The summed E-state index contributed by atoms with van der Waals surface area (Å²) in [5, 5.41) is 12.9. The lowest BCUT2D eigenvalue weighted by Gasteiger charge is -2.20. The second-order valence-corrected chi connectivity index (χ2v) is 8.09. The highest BCUT2D eigenvalue weighted by atomic mass is 35.5. The number of hydrogen-bond donors (Lipinski definition) is 2. The van der Waals surface area contributed by atoms with Crippen molar-refractivity contribution in [3.05, 3.63) is 52.3 Å². The molecular formula is C22H25ClFNO5. The number of anilines is 1. The molecule has 162 valence electrons. The third-order valence-corrected chi connectivity index (χ3v) is 4.16. The highest BCUT2D eigenvalue weighted by molar-refractivity contribution is 6.32. The molecule has 6 nitrogen and oxygen atoms in total. The molecule has 2 aromatic rings. The maximum absolute atomic E-state index is 13.6. The minimum Gasteiger partial charge on any atom is -0.506 e. The molecule has 0 aliphatic rings. The Bertz CT molecular complexity index is 940. The van der Waals surface area contributed by atoms with Crippen molar-refractivity contribution in [1.29, 1.82) is 0 Å². The summed E-state index contributed by atoms with van der Waals surface area (Å²) in [4.78, 5) is 24.5. The number of aromatic hydroxyl groups is 1. The van der Waals surface area contributed by atoms with Crippen molar-refractivity contribution >= 4 is 29.2 Å². The van der Waals surface area contributed by atoms with Gasteiger partial charge in [-0.05, 0) is 51.5 Å². The smallest absolute Gasteiger partial charge is 0.342 e. The van der Waals surface area contributed by atoms with Crippen LogP contribution in [0.5, 0.6) is 11.5 Å². The highest BCUT2D eigenvalue weighted by Gasteiger charge is 2.22. The van der Waals surface area contributed by atoms with Crippen molar-refractivity contribution in [3.8, 4) is 11.5 Å². The Labute approximate surface area is 180 Å². The van der Waals surface area contributed by atoms with Crippen LogP contribution < -0.4 is 10.1 Å². The third-order valence-electron chi connectivity index (χ3n) is 3.87. The summed E-state index contributed by atoms with van der Waals surface area (Å²) in [5.41, 5.74) is 0.131. The summed E-state index contributed by atoms with van der Waals surface area (Å²) in [7, 11) is 0. The number of carbonyl (C=O) groups excluding carboxylic acids is 2. The number of esters is 2. The predicted octanol–water partition coefficient (Wildman–Crippen LogP) is 5.46. The average molecular weight is 438 g/mol. The molecule has 0 amide bonds. The number of rotatable bonds is 7. The van der Waals surface area contributed by atoms with Crippen molar-refractivity contribution < 1.29 is 28.6 Å². The molecule has 0 bridgehead atoms. The third kappa shape index (κ3) is 6.62. The number of benzene rings is 2. The summed E-state index contributed by atoms with van der Waals surface area (Å²) in [6.07, 6.45) is 0.791. The van der Waals surface area contributed by atoms with E-state index >= 15 is 0 Å². The van der Waals surface area contributed by atoms with Crippen LogP contribution in [-0.2, 0) is 16.1 Å². The van der Waals surface area contributed by atoms with Gasteiger partial charge in [0.25, 0.3) is 0 Å². The summed E-state index contributed by atoms with van der Waals surface area (Å²) in [5.74, 6) is -1.86. The molecule has 2 aromatic carbocycles. The predicted molar refractivity (Wildman–Crippen MR) is 113 cm³/mol. The fourth-order valence-electron chi connectivity index (χ4n) is 2.55. The lowest BCUT2D eigenvalue weighted by Crippen LogP contribution is -2.24. The molecule has 0 radical (unpaired) electrons. The number of halogens is 2. The number of phenols is 1. The zero-order valence-electron chi connectivity index (χ0n) is 17.3. The Balaban J connectivity index is 2.29. The zero-order chi connectivity index (χ0) is 22.5. The topological polar surface area (TPSA) is 84.9 Å². The van der Waals surface area contributed by atoms with Gasteiger partial charge < -0.3 is 19.9 Å². The monoisotopic (exact) mass is 437 g/mol. The van der Waals surface area contributed by atoms with Gasteiger partial charge in [-0.2, -0.15) is 0 Å². The molecule has 0 fully saturated rings. The fraction of sp³-hybridized carbons (Fsp3) is 0.364. The number of ether oxygens (including phenoxy) is 2. The minimum atomic E-state index is -0.715. The van der Waals surface area contributed by atoms with Crippen LogP contribution in [0.4, 0.5) is 10.1 Å². The first-order valence-electron chi connectivity index (χ1n) is 9.49. The van der Waals surface area contributed by atoms with Crippen LogP contribution in [0.15, 0.2) is 30.3 Å².